The summed E-state index contributed by atoms with van der Waals surface area (Å²) in [7, 11) is 0. The predicted octanol–water partition coefficient (Wildman–Crippen LogP) is 3.88. The molecule has 0 aliphatic heterocycles. The number of benzene rings is 2. The van der Waals surface area contributed by atoms with Crippen molar-refractivity contribution in [2.45, 2.75) is 13.3 Å². The standard InChI is InChI=1S/C16H19NO/c1-14-7-5-8-15(13-14)17-11-6-12-18-16-9-3-2-4-10-16/h2-5,7-10,13,17H,6,11-12H2,1H3. The Hall–Kier alpha value is -1.96. The van der Waals surface area contributed by atoms with E-state index in [1.807, 2.05) is 30.3 Å². The minimum Gasteiger partial charge on any atom is -0.494 e. The first-order valence-corrected chi connectivity index (χ1v) is 6.33. The lowest BCUT2D eigenvalue weighted by molar-refractivity contribution is 0.315. The second-order valence-electron chi connectivity index (χ2n) is 4.31. The minimum atomic E-state index is 0.739. The van der Waals surface area contributed by atoms with E-state index in [4.69, 9.17) is 4.74 Å². The molecule has 0 unspecified atom stereocenters. The summed E-state index contributed by atoms with van der Waals surface area (Å²) < 4.78 is 5.63. The Morgan fingerprint density at radius 3 is 2.61 bits per heavy atom. The number of hydrogen-bond acceptors (Lipinski definition) is 2. The van der Waals surface area contributed by atoms with Crippen molar-refractivity contribution in [3.05, 3.63) is 60.2 Å². The third-order valence-corrected chi connectivity index (χ3v) is 2.68. The molecule has 0 atom stereocenters. The van der Waals surface area contributed by atoms with Crippen LogP contribution < -0.4 is 10.1 Å². The molecule has 1 N–H and O–H groups in total. The molecule has 2 aromatic rings. The van der Waals surface area contributed by atoms with Crippen molar-refractivity contribution in [1.82, 2.24) is 0 Å². The zero-order chi connectivity index (χ0) is 12.6. The Morgan fingerprint density at radius 1 is 1.00 bits per heavy atom. The number of nitrogens with one attached hydrogen (secondary N) is 1. The molecule has 0 bridgehead atoms. The summed E-state index contributed by atoms with van der Waals surface area (Å²) in [5, 5.41) is 3.39. The SMILES string of the molecule is Cc1cccc(NCCCOc2ccccc2)c1. The van der Waals surface area contributed by atoms with Crippen LogP contribution in [0.25, 0.3) is 0 Å². The molecule has 0 saturated carbocycles. The van der Waals surface area contributed by atoms with Crippen LogP contribution in [-0.2, 0) is 0 Å². The van der Waals surface area contributed by atoms with E-state index in [1.54, 1.807) is 0 Å². The summed E-state index contributed by atoms with van der Waals surface area (Å²) in [5.74, 6) is 0.938. The Morgan fingerprint density at radius 2 is 1.83 bits per heavy atom. The first kappa shape index (κ1) is 12.5. The molecule has 0 aliphatic rings. The fourth-order valence-corrected chi connectivity index (χ4v) is 1.77. The number of hydrogen-bond donors (Lipinski definition) is 1. The Kier molecular flexibility index (Phi) is 4.65. The Bertz CT molecular complexity index is 468. The van der Waals surface area contributed by atoms with Crippen LogP contribution in [0.5, 0.6) is 5.75 Å². The van der Waals surface area contributed by atoms with Gasteiger partial charge in [-0.15, -0.1) is 0 Å². The van der Waals surface area contributed by atoms with Crippen LogP contribution in [0.4, 0.5) is 5.69 Å². The number of anilines is 1. The normalized spacial score (nSPS) is 10.1. The van der Waals surface area contributed by atoms with Gasteiger partial charge in [0.05, 0.1) is 6.61 Å². The highest BCUT2D eigenvalue weighted by Gasteiger charge is 1.94. The smallest absolute Gasteiger partial charge is 0.119 e. The largest absolute Gasteiger partial charge is 0.494 e. The second-order valence-corrected chi connectivity index (χ2v) is 4.31. The van der Waals surface area contributed by atoms with E-state index in [-0.39, 0.29) is 0 Å². The van der Waals surface area contributed by atoms with E-state index < -0.39 is 0 Å². The van der Waals surface area contributed by atoms with E-state index >= 15 is 0 Å². The highest BCUT2D eigenvalue weighted by Crippen LogP contribution is 2.10. The van der Waals surface area contributed by atoms with Gasteiger partial charge in [-0.25, -0.2) is 0 Å². The molecule has 0 heterocycles. The molecule has 2 heteroatoms. The summed E-state index contributed by atoms with van der Waals surface area (Å²) in [5.41, 5.74) is 2.45. The van der Waals surface area contributed by atoms with E-state index in [9.17, 15) is 0 Å². The van der Waals surface area contributed by atoms with E-state index in [1.165, 1.54) is 11.3 Å². The van der Waals surface area contributed by atoms with Crippen LogP contribution in [0.3, 0.4) is 0 Å². The monoisotopic (exact) mass is 241 g/mol. The van der Waals surface area contributed by atoms with Crippen LogP contribution in [0.15, 0.2) is 54.6 Å². The van der Waals surface area contributed by atoms with Gasteiger partial charge in [0, 0.05) is 12.2 Å². The summed E-state index contributed by atoms with van der Waals surface area (Å²) in [4.78, 5) is 0. The van der Waals surface area contributed by atoms with Crippen molar-refractivity contribution in [2.75, 3.05) is 18.5 Å². The van der Waals surface area contributed by atoms with Gasteiger partial charge < -0.3 is 10.1 Å². The quantitative estimate of drug-likeness (QED) is 0.775. The Labute approximate surface area is 109 Å². The van der Waals surface area contributed by atoms with Crippen molar-refractivity contribution in [3.8, 4) is 5.75 Å². The van der Waals surface area contributed by atoms with Gasteiger partial charge in [-0.05, 0) is 43.2 Å². The average molecular weight is 241 g/mol. The third kappa shape index (κ3) is 4.13. The number of ether oxygens (including phenoxy) is 1. The summed E-state index contributed by atoms with van der Waals surface area (Å²) >= 11 is 0. The summed E-state index contributed by atoms with van der Waals surface area (Å²) in [6.07, 6.45) is 0.989. The molecule has 0 saturated heterocycles. The van der Waals surface area contributed by atoms with Crippen molar-refractivity contribution in [2.24, 2.45) is 0 Å². The first-order valence-electron chi connectivity index (χ1n) is 6.33. The maximum Gasteiger partial charge on any atom is 0.119 e. The highest BCUT2D eigenvalue weighted by molar-refractivity contribution is 5.45. The molecule has 0 spiro atoms. The fraction of sp³-hybridized carbons (Fsp3) is 0.250. The number of aryl methyl sites for hydroxylation is 1. The van der Waals surface area contributed by atoms with Gasteiger partial charge in [-0.2, -0.15) is 0 Å². The molecule has 2 rings (SSSR count). The summed E-state index contributed by atoms with van der Waals surface area (Å²) in [6, 6.07) is 18.3. The van der Waals surface area contributed by atoms with Crippen molar-refractivity contribution < 1.29 is 4.74 Å². The van der Waals surface area contributed by atoms with Gasteiger partial charge in [-0.1, -0.05) is 30.3 Å². The minimum absolute atomic E-state index is 0.739. The zero-order valence-corrected chi connectivity index (χ0v) is 10.7. The van der Waals surface area contributed by atoms with Gasteiger partial charge in [0.2, 0.25) is 0 Å². The van der Waals surface area contributed by atoms with Crippen LogP contribution in [0.1, 0.15) is 12.0 Å². The molecule has 0 amide bonds. The lowest BCUT2D eigenvalue weighted by Gasteiger charge is -2.08. The number of para-hydroxylation sites is 1. The van der Waals surface area contributed by atoms with Gasteiger partial charge in [0.1, 0.15) is 5.75 Å². The highest BCUT2D eigenvalue weighted by atomic mass is 16.5. The Balaban J connectivity index is 1.65. The fourth-order valence-electron chi connectivity index (χ4n) is 1.77. The van der Waals surface area contributed by atoms with Crippen LogP contribution in [0.2, 0.25) is 0 Å². The lowest BCUT2D eigenvalue weighted by Crippen LogP contribution is -2.07. The molecule has 0 aliphatic carbocycles. The molecule has 2 aromatic carbocycles. The molecule has 18 heavy (non-hydrogen) atoms. The maximum absolute atomic E-state index is 5.63. The van der Waals surface area contributed by atoms with Crippen molar-refractivity contribution in [3.63, 3.8) is 0 Å². The van der Waals surface area contributed by atoms with Crippen molar-refractivity contribution in [1.29, 1.82) is 0 Å². The molecule has 0 radical (unpaired) electrons. The summed E-state index contributed by atoms with van der Waals surface area (Å²) in [6.45, 7) is 3.77. The van der Waals surface area contributed by atoms with Gasteiger partial charge in [-0.3, -0.25) is 0 Å². The van der Waals surface area contributed by atoms with E-state index in [0.29, 0.717) is 0 Å². The molecule has 0 aromatic heterocycles. The molecular weight excluding hydrogens is 222 g/mol. The van der Waals surface area contributed by atoms with Gasteiger partial charge >= 0.3 is 0 Å². The lowest BCUT2D eigenvalue weighted by atomic mass is 10.2. The van der Waals surface area contributed by atoms with Gasteiger partial charge in [0.25, 0.3) is 0 Å². The second kappa shape index (κ2) is 6.70. The molecule has 94 valence electrons. The third-order valence-electron chi connectivity index (χ3n) is 2.68. The first-order chi connectivity index (χ1) is 8.84. The van der Waals surface area contributed by atoms with Gasteiger partial charge in [0.15, 0.2) is 0 Å². The molecule has 2 nitrogen and oxygen atoms in total. The van der Waals surface area contributed by atoms with Crippen molar-refractivity contribution >= 4 is 5.69 Å². The number of rotatable bonds is 6. The zero-order valence-electron chi connectivity index (χ0n) is 10.7. The maximum atomic E-state index is 5.63. The molecule has 0 fully saturated rings. The van der Waals surface area contributed by atoms with Crippen LogP contribution >= 0.6 is 0 Å². The van der Waals surface area contributed by atoms with Crippen LogP contribution in [0, 0.1) is 6.92 Å². The predicted molar refractivity (Wildman–Crippen MR) is 76.2 cm³/mol. The van der Waals surface area contributed by atoms with E-state index in [0.717, 1.165) is 25.3 Å². The molecular formula is C16H19NO. The topological polar surface area (TPSA) is 21.3 Å². The van der Waals surface area contributed by atoms with E-state index in [2.05, 4.69) is 36.5 Å². The average Bonchev–Trinajstić information content (AvgIpc) is 2.40. The van der Waals surface area contributed by atoms with Crippen LogP contribution in [-0.4, -0.2) is 13.2 Å².